The lowest BCUT2D eigenvalue weighted by atomic mass is 10.2. The van der Waals surface area contributed by atoms with E-state index in [1.54, 1.807) is 14.0 Å². The number of benzene rings is 1. The Kier molecular flexibility index (Phi) is 8.25. The molecule has 0 spiro atoms. The molecule has 0 bridgehead atoms. The summed E-state index contributed by atoms with van der Waals surface area (Å²) in [5.41, 5.74) is 1.69. The molecule has 2 aromatic rings. The first kappa shape index (κ1) is 21.7. The maximum Gasteiger partial charge on any atom is 0.350 e. The second kappa shape index (κ2) is 10.7. The van der Waals surface area contributed by atoms with Gasteiger partial charge in [0.25, 0.3) is 0 Å². The largest absolute Gasteiger partial charge is 0.496 e. The zero-order valence-electron chi connectivity index (χ0n) is 17.0. The van der Waals surface area contributed by atoms with Gasteiger partial charge in [0.1, 0.15) is 15.6 Å². The number of carbonyl (C=O) groups is 1. The molecular formula is C20H28N4O3S. The van der Waals surface area contributed by atoms with Crippen LogP contribution in [0.15, 0.2) is 29.3 Å². The summed E-state index contributed by atoms with van der Waals surface area (Å²) in [6.45, 7) is 9.17. The Balaban J connectivity index is 2.13. The molecule has 8 heteroatoms. The molecule has 2 rings (SSSR count). The number of carbonyl (C=O) groups excluding carboxylic acids is 1. The molecule has 1 aromatic heterocycles. The van der Waals surface area contributed by atoms with Gasteiger partial charge < -0.3 is 20.1 Å². The summed E-state index contributed by atoms with van der Waals surface area (Å²) < 4.78 is 10.5. The molecule has 0 fully saturated rings. The lowest BCUT2D eigenvalue weighted by Crippen LogP contribution is -2.38. The highest BCUT2D eigenvalue weighted by Crippen LogP contribution is 2.24. The van der Waals surface area contributed by atoms with Crippen molar-refractivity contribution in [3.8, 4) is 5.75 Å². The summed E-state index contributed by atoms with van der Waals surface area (Å²) in [6.07, 6.45) is 0. The van der Waals surface area contributed by atoms with Crippen LogP contribution in [0.3, 0.4) is 0 Å². The van der Waals surface area contributed by atoms with Crippen LogP contribution in [0.2, 0.25) is 0 Å². The van der Waals surface area contributed by atoms with E-state index >= 15 is 0 Å². The summed E-state index contributed by atoms with van der Waals surface area (Å²) in [5.74, 6) is 1.16. The highest BCUT2D eigenvalue weighted by molar-refractivity contribution is 7.13. The quantitative estimate of drug-likeness (QED) is 0.398. The average Bonchev–Trinajstić information content (AvgIpc) is 3.08. The number of aliphatic imine (C=N–C) groups is 1. The number of nitrogens with zero attached hydrogens (tertiary/aromatic N) is 2. The molecule has 1 atom stereocenters. The third kappa shape index (κ3) is 5.69. The van der Waals surface area contributed by atoms with Crippen LogP contribution in [0, 0.1) is 6.92 Å². The first-order valence-corrected chi connectivity index (χ1v) is 10.1. The highest BCUT2D eigenvalue weighted by atomic mass is 32.1. The van der Waals surface area contributed by atoms with Crippen LogP contribution < -0.4 is 15.4 Å². The molecule has 0 saturated heterocycles. The molecule has 0 saturated carbocycles. The number of nitrogens with one attached hydrogen (secondary N) is 2. The summed E-state index contributed by atoms with van der Waals surface area (Å²) in [5, 5.41) is 7.39. The molecule has 0 radical (unpaired) electrons. The number of guanidine groups is 1. The van der Waals surface area contributed by atoms with Gasteiger partial charge in [0.05, 0.1) is 32.0 Å². The van der Waals surface area contributed by atoms with Gasteiger partial charge in [-0.15, -0.1) is 11.3 Å². The normalized spacial score (nSPS) is 12.4. The number of hydrogen-bond donors (Lipinski definition) is 2. The molecule has 1 unspecified atom stereocenters. The molecular weight excluding hydrogens is 376 g/mol. The second-order valence-electron chi connectivity index (χ2n) is 6.06. The molecule has 152 valence electrons. The smallest absolute Gasteiger partial charge is 0.350 e. The maximum atomic E-state index is 12.0. The van der Waals surface area contributed by atoms with E-state index in [4.69, 9.17) is 9.47 Å². The fourth-order valence-electron chi connectivity index (χ4n) is 2.57. The molecule has 0 aliphatic rings. The first-order valence-electron chi connectivity index (χ1n) is 9.31. The number of methoxy groups -OCH3 is 1. The lowest BCUT2D eigenvalue weighted by Gasteiger charge is -2.16. The number of aryl methyl sites for hydroxylation is 1. The molecule has 0 amide bonds. The maximum absolute atomic E-state index is 12.0. The van der Waals surface area contributed by atoms with Crippen molar-refractivity contribution >= 4 is 23.3 Å². The number of rotatable bonds is 8. The van der Waals surface area contributed by atoms with Gasteiger partial charge in [-0.2, -0.15) is 0 Å². The van der Waals surface area contributed by atoms with Crippen LogP contribution in [0.5, 0.6) is 5.75 Å². The van der Waals surface area contributed by atoms with Gasteiger partial charge in [0.2, 0.25) is 0 Å². The predicted octanol–water partition coefficient (Wildman–Crippen LogP) is 3.45. The van der Waals surface area contributed by atoms with Gasteiger partial charge in [-0.05, 0) is 33.8 Å². The molecule has 1 aromatic carbocycles. The van der Waals surface area contributed by atoms with Gasteiger partial charge in [0, 0.05) is 12.1 Å². The minimum Gasteiger partial charge on any atom is -0.496 e. The lowest BCUT2D eigenvalue weighted by molar-refractivity contribution is 0.0531. The van der Waals surface area contributed by atoms with E-state index < -0.39 is 0 Å². The summed E-state index contributed by atoms with van der Waals surface area (Å²) in [7, 11) is 1.65. The number of hydrogen-bond acceptors (Lipinski definition) is 6. The van der Waals surface area contributed by atoms with E-state index in [0.717, 1.165) is 22.9 Å². The SMILES string of the molecule is CCNC(=NCc1ccccc1OC)NC(C)c1nc(C)c(C(=O)OCC)s1. The van der Waals surface area contributed by atoms with E-state index in [9.17, 15) is 4.79 Å². The van der Waals surface area contributed by atoms with E-state index in [1.807, 2.05) is 45.0 Å². The summed E-state index contributed by atoms with van der Waals surface area (Å²) in [4.78, 5) is 21.7. The van der Waals surface area contributed by atoms with Gasteiger partial charge >= 0.3 is 5.97 Å². The minimum atomic E-state index is -0.326. The third-order valence-corrected chi connectivity index (χ3v) is 5.26. The van der Waals surface area contributed by atoms with Crippen LogP contribution in [-0.2, 0) is 11.3 Å². The van der Waals surface area contributed by atoms with Crippen LogP contribution in [0.4, 0.5) is 0 Å². The van der Waals surface area contributed by atoms with Gasteiger partial charge in [-0.3, -0.25) is 0 Å². The Bertz CT molecular complexity index is 820. The van der Waals surface area contributed by atoms with E-state index in [2.05, 4.69) is 20.6 Å². The van der Waals surface area contributed by atoms with Crippen molar-refractivity contribution in [1.29, 1.82) is 0 Å². The minimum absolute atomic E-state index is 0.109. The monoisotopic (exact) mass is 404 g/mol. The Morgan fingerprint density at radius 1 is 1.32 bits per heavy atom. The number of aromatic nitrogens is 1. The first-order chi connectivity index (χ1) is 13.5. The van der Waals surface area contributed by atoms with Crippen molar-refractivity contribution in [3.63, 3.8) is 0 Å². The standard InChI is InChI=1S/C20H28N4O3S/c1-6-21-20(22-12-15-10-8-9-11-16(15)26-5)24-14(4)18-23-13(3)17(28-18)19(25)27-7-2/h8-11,14H,6-7,12H2,1-5H3,(H2,21,22,24). The van der Waals surface area contributed by atoms with Crippen LogP contribution in [0.25, 0.3) is 0 Å². The van der Waals surface area contributed by atoms with Crippen molar-refractivity contribution in [2.45, 2.75) is 40.3 Å². The van der Waals surface area contributed by atoms with Crippen molar-refractivity contribution in [2.24, 2.45) is 4.99 Å². The molecule has 7 nitrogen and oxygen atoms in total. The molecule has 2 N–H and O–H groups in total. The molecule has 28 heavy (non-hydrogen) atoms. The fraction of sp³-hybridized carbons (Fsp3) is 0.450. The van der Waals surface area contributed by atoms with Crippen molar-refractivity contribution in [1.82, 2.24) is 15.6 Å². The van der Waals surface area contributed by atoms with Crippen LogP contribution in [0.1, 0.15) is 52.7 Å². The Hall–Kier alpha value is -2.61. The predicted molar refractivity (Wildman–Crippen MR) is 112 cm³/mol. The zero-order chi connectivity index (χ0) is 20.5. The topological polar surface area (TPSA) is 84.8 Å². The Labute approximate surface area is 170 Å². The summed E-state index contributed by atoms with van der Waals surface area (Å²) in [6, 6.07) is 7.70. The van der Waals surface area contributed by atoms with Gasteiger partial charge in [0.15, 0.2) is 5.96 Å². The van der Waals surface area contributed by atoms with Crippen molar-refractivity contribution in [3.05, 3.63) is 45.4 Å². The Morgan fingerprint density at radius 2 is 2.07 bits per heavy atom. The third-order valence-electron chi connectivity index (χ3n) is 3.94. The van der Waals surface area contributed by atoms with Crippen molar-refractivity contribution in [2.75, 3.05) is 20.3 Å². The summed E-state index contributed by atoms with van der Waals surface area (Å²) >= 11 is 1.35. The van der Waals surface area contributed by atoms with E-state index in [1.165, 1.54) is 11.3 Å². The molecule has 1 heterocycles. The number of thiazole rings is 1. The molecule has 0 aliphatic carbocycles. The Morgan fingerprint density at radius 3 is 2.75 bits per heavy atom. The number of para-hydroxylation sites is 1. The fourth-order valence-corrected chi connectivity index (χ4v) is 3.54. The number of ether oxygens (including phenoxy) is 2. The average molecular weight is 405 g/mol. The second-order valence-corrected chi connectivity index (χ2v) is 7.09. The zero-order valence-corrected chi connectivity index (χ0v) is 17.9. The van der Waals surface area contributed by atoms with Crippen LogP contribution in [-0.4, -0.2) is 37.2 Å². The van der Waals surface area contributed by atoms with Crippen LogP contribution >= 0.6 is 11.3 Å². The molecule has 0 aliphatic heterocycles. The van der Waals surface area contributed by atoms with E-state index in [-0.39, 0.29) is 12.0 Å². The van der Waals surface area contributed by atoms with Crippen molar-refractivity contribution < 1.29 is 14.3 Å². The van der Waals surface area contributed by atoms with Gasteiger partial charge in [-0.25, -0.2) is 14.8 Å². The number of esters is 1. The van der Waals surface area contributed by atoms with E-state index in [0.29, 0.717) is 29.7 Å². The van der Waals surface area contributed by atoms with Gasteiger partial charge in [-0.1, -0.05) is 18.2 Å². The highest BCUT2D eigenvalue weighted by Gasteiger charge is 2.20.